The number of benzene rings is 1. The van der Waals surface area contributed by atoms with Gasteiger partial charge in [0.05, 0.1) is 23.3 Å². The highest BCUT2D eigenvalue weighted by atomic mass is 32.2. The van der Waals surface area contributed by atoms with Gasteiger partial charge in [-0.25, -0.2) is 4.39 Å². The zero-order chi connectivity index (χ0) is 21.1. The summed E-state index contributed by atoms with van der Waals surface area (Å²) in [5.74, 6) is 0.533. The maximum atomic E-state index is 14.1. The number of carbonyl (C=O) groups excluding carboxylic acids is 1. The number of carbonyl (C=O) groups is 1. The molecule has 4 rings (SSSR count). The van der Waals surface area contributed by atoms with E-state index in [1.165, 1.54) is 36.3 Å². The fourth-order valence-corrected chi connectivity index (χ4v) is 4.17. The van der Waals surface area contributed by atoms with Gasteiger partial charge in [-0.05, 0) is 30.5 Å². The molecule has 0 atom stereocenters. The zero-order valence-electron chi connectivity index (χ0n) is 16.0. The summed E-state index contributed by atoms with van der Waals surface area (Å²) in [5.41, 5.74) is 1.14. The van der Waals surface area contributed by atoms with Gasteiger partial charge in [-0.2, -0.15) is 4.98 Å². The second-order valence-corrected chi connectivity index (χ2v) is 8.12. The molecule has 11 heteroatoms. The SMILES string of the molecule is COC(=O)Cn1c(SCc2noc(-c3cc(C)ccc3F)n2)nnc1-c1cccs1. The van der Waals surface area contributed by atoms with Crippen LogP contribution in [0.3, 0.4) is 0 Å². The third kappa shape index (κ3) is 4.26. The Bertz CT molecular complexity index is 1170. The van der Waals surface area contributed by atoms with Gasteiger partial charge in [0.1, 0.15) is 12.4 Å². The van der Waals surface area contributed by atoms with Gasteiger partial charge in [0, 0.05) is 0 Å². The Kier molecular flexibility index (Phi) is 5.91. The number of aromatic nitrogens is 5. The summed E-state index contributed by atoms with van der Waals surface area (Å²) in [5, 5.41) is 14.8. The van der Waals surface area contributed by atoms with Gasteiger partial charge in [0.2, 0.25) is 0 Å². The molecule has 154 valence electrons. The van der Waals surface area contributed by atoms with Gasteiger partial charge < -0.3 is 9.26 Å². The molecule has 0 aliphatic heterocycles. The molecule has 30 heavy (non-hydrogen) atoms. The first-order valence-corrected chi connectivity index (χ1v) is 10.7. The molecule has 0 unspecified atom stereocenters. The van der Waals surface area contributed by atoms with E-state index in [-0.39, 0.29) is 18.0 Å². The fourth-order valence-electron chi connectivity index (χ4n) is 2.67. The first-order chi connectivity index (χ1) is 14.5. The predicted molar refractivity (Wildman–Crippen MR) is 109 cm³/mol. The predicted octanol–water partition coefficient (Wildman–Crippen LogP) is 3.97. The number of methoxy groups -OCH3 is 1. The summed E-state index contributed by atoms with van der Waals surface area (Å²) in [6, 6.07) is 8.49. The third-order valence-electron chi connectivity index (χ3n) is 4.12. The van der Waals surface area contributed by atoms with Crippen molar-refractivity contribution in [2.45, 2.75) is 24.4 Å². The molecule has 0 fully saturated rings. The molecule has 0 radical (unpaired) electrons. The molecule has 3 aromatic heterocycles. The van der Waals surface area contributed by atoms with Crippen LogP contribution in [0.1, 0.15) is 11.4 Å². The quantitative estimate of drug-likeness (QED) is 0.311. The molecule has 0 saturated heterocycles. The highest BCUT2D eigenvalue weighted by Gasteiger charge is 2.19. The molecular weight excluding hydrogens is 429 g/mol. The average Bonchev–Trinajstić information content (AvgIpc) is 3.49. The van der Waals surface area contributed by atoms with Gasteiger partial charge in [0.15, 0.2) is 16.8 Å². The van der Waals surface area contributed by atoms with Crippen molar-refractivity contribution in [2.24, 2.45) is 0 Å². The Balaban J connectivity index is 1.55. The van der Waals surface area contributed by atoms with E-state index in [0.717, 1.165) is 10.4 Å². The second kappa shape index (κ2) is 8.76. The topological polar surface area (TPSA) is 95.9 Å². The number of hydrogen-bond acceptors (Lipinski definition) is 9. The van der Waals surface area contributed by atoms with Crippen LogP contribution in [-0.4, -0.2) is 38.0 Å². The van der Waals surface area contributed by atoms with Crippen LogP contribution < -0.4 is 0 Å². The Hall–Kier alpha value is -3.05. The molecular formula is C19H16FN5O3S2. The highest BCUT2D eigenvalue weighted by molar-refractivity contribution is 7.98. The molecule has 1 aromatic carbocycles. The van der Waals surface area contributed by atoms with Crippen LogP contribution in [0.4, 0.5) is 4.39 Å². The fraction of sp³-hybridized carbons (Fsp3) is 0.211. The number of halogens is 1. The van der Waals surface area contributed by atoms with Crippen molar-refractivity contribution in [1.29, 1.82) is 0 Å². The van der Waals surface area contributed by atoms with E-state index in [2.05, 4.69) is 20.3 Å². The minimum absolute atomic E-state index is 0.0228. The summed E-state index contributed by atoms with van der Waals surface area (Å²) in [7, 11) is 1.33. The second-order valence-electron chi connectivity index (χ2n) is 6.23. The summed E-state index contributed by atoms with van der Waals surface area (Å²) < 4.78 is 25.8. The monoisotopic (exact) mass is 445 g/mol. The number of ether oxygens (including phenoxy) is 1. The van der Waals surface area contributed by atoms with Crippen molar-refractivity contribution in [3.63, 3.8) is 0 Å². The third-order valence-corrected chi connectivity index (χ3v) is 5.95. The number of thiophene rings is 1. The maximum Gasteiger partial charge on any atom is 0.325 e. The highest BCUT2D eigenvalue weighted by Crippen LogP contribution is 2.29. The number of nitrogens with zero attached hydrogens (tertiary/aromatic N) is 5. The van der Waals surface area contributed by atoms with E-state index in [9.17, 15) is 9.18 Å². The molecule has 0 amide bonds. The van der Waals surface area contributed by atoms with Crippen molar-refractivity contribution in [3.05, 3.63) is 52.9 Å². The van der Waals surface area contributed by atoms with Crippen molar-refractivity contribution in [2.75, 3.05) is 7.11 Å². The van der Waals surface area contributed by atoms with Crippen LogP contribution in [0, 0.1) is 12.7 Å². The first-order valence-electron chi connectivity index (χ1n) is 8.81. The molecule has 8 nitrogen and oxygen atoms in total. The summed E-state index contributed by atoms with van der Waals surface area (Å²) >= 11 is 2.79. The minimum Gasteiger partial charge on any atom is -0.468 e. The van der Waals surface area contributed by atoms with Crippen molar-refractivity contribution in [1.82, 2.24) is 24.9 Å². The largest absolute Gasteiger partial charge is 0.468 e. The minimum atomic E-state index is -0.429. The number of rotatable bonds is 7. The van der Waals surface area contributed by atoms with Gasteiger partial charge >= 0.3 is 5.97 Å². The number of thioether (sulfide) groups is 1. The summed E-state index contributed by atoms with van der Waals surface area (Å²) in [6.45, 7) is 1.83. The smallest absolute Gasteiger partial charge is 0.325 e. The van der Waals surface area contributed by atoms with E-state index in [1.807, 2.05) is 24.4 Å². The lowest BCUT2D eigenvalue weighted by atomic mass is 10.1. The molecule has 0 bridgehead atoms. The van der Waals surface area contributed by atoms with Crippen molar-refractivity contribution in [3.8, 4) is 22.2 Å². The molecule has 4 aromatic rings. The number of aryl methyl sites for hydroxylation is 1. The van der Waals surface area contributed by atoms with Crippen molar-refractivity contribution >= 4 is 29.1 Å². The lowest BCUT2D eigenvalue weighted by Crippen LogP contribution is -2.13. The first kappa shape index (κ1) is 20.2. The average molecular weight is 446 g/mol. The number of hydrogen-bond donors (Lipinski definition) is 0. The molecule has 0 saturated carbocycles. The lowest BCUT2D eigenvalue weighted by Gasteiger charge is -2.07. The van der Waals surface area contributed by atoms with Crippen molar-refractivity contribution < 1.29 is 18.4 Å². The van der Waals surface area contributed by atoms with E-state index in [4.69, 9.17) is 9.26 Å². The Labute approximate surface area is 179 Å². The lowest BCUT2D eigenvalue weighted by molar-refractivity contribution is -0.141. The van der Waals surface area contributed by atoms with Crippen LogP contribution in [0.25, 0.3) is 22.2 Å². The van der Waals surface area contributed by atoms with Gasteiger partial charge in [-0.15, -0.1) is 21.5 Å². The normalized spacial score (nSPS) is 11.0. The van der Waals surface area contributed by atoms with Crippen LogP contribution in [0.5, 0.6) is 0 Å². The Morgan fingerprint density at radius 2 is 2.20 bits per heavy atom. The van der Waals surface area contributed by atoms with Crippen LogP contribution in [-0.2, 0) is 21.8 Å². The van der Waals surface area contributed by atoms with Gasteiger partial charge in [-0.3, -0.25) is 9.36 Å². The Morgan fingerprint density at radius 3 is 2.97 bits per heavy atom. The molecule has 0 aliphatic rings. The number of esters is 1. The molecule has 3 heterocycles. The van der Waals surface area contributed by atoms with Crippen LogP contribution in [0.2, 0.25) is 0 Å². The standard InChI is InChI=1S/C19H16FN5O3S2/c1-11-5-6-13(20)12(8-11)18-21-15(24-28-18)10-30-19-23-22-17(14-4-3-7-29-14)25(19)9-16(26)27-2/h3-8H,9-10H2,1-2H3. The summed E-state index contributed by atoms with van der Waals surface area (Å²) in [6.07, 6.45) is 0. The zero-order valence-corrected chi connectivity index (χ0v) is 17.7. The van der Waals surface area contributed by atoms with Crippen LogP contribution >= 0.6 is 23.1 Å². The van der Waals surface area contributed by atoms with E-state index in [1.54, 1.807) is 16.7 Å². The maximum absolute atomic E-state index is 14.1. The Morgan fingerprint density at radius 1 is 1.33 bits per heavy atom. The van der Waals surface area contributed by atoms with E-state index < -0.39 is 11.8 Å². The van der Waals surface area contributed by atoms with E-state index in [0.29, 0.717) is 22.6 Å². The molecule has 0 N–H and O–H groups in total. The molecule has 0 spiro atoms. The van der Waals surface area contributed by atoms with Gasteiger partial charge in [-0.1, -0.05) is 34.6 Å². The van der Waals surface area contributed by atoms with E-state index >= 15 is 0 Å². The van der Waals surface area contributed by atoms with Crippen LogP contribution in [0.15, 0.2) is 45.4 Å². The van der Waals surface area contributed by atoms with Gasteiger partial charge in [0.25, 0.3) is 5.89 Å². The summed E-state index contributed by atoms with van der Waals surface area (Å²) in [4.78, 5) is 17.0. The molecule has 0 aliphatic carbocycles.